The molecule has 0 aromatic rings. The van der Waals surface area contributed by atoms with Gasteiger partial charge in [0, 0.05) is 18.7 Å². The Balaban J connectivity index is 2.72. The number of amides is 1. The largest absolute Gasteiger partial charge is 0.294 e. The summed E-state index contributed by atoms with van der Waals surface area (Å²) in [7, 11) is 0. The van der Waals surface area contributed by atoms with Crippen LogP contribution in [0, 0.1) is 0 Å². The predicted molar refractivity (Wildman–Crippen MR) is 47.0 cm³/mol. The molecule has 1 aliphatic heterocycles. The van der Waals surface area contributed by atoms with Crippen LogP contribution in [0.15, 0.2) is 0 Å². The number of hydrogen-bond donors (Lipinski definition) is 0. The number of rotatable bonds is 0. The third-order valence-corrected chi connectivity index (χ3v) is 3.07. The minimum atomic E-state index is 0.0579. The summed E-state index contributed by atoms with van der Waals surface area (Å²) >= 11 is 6.54. The first kappa shape index (κ1) is 8.01. The van der Waals surface area contributed by atoms with Gasteiger partial charge in [0.15, 0.2) is 0 Å². The third-order valence-electron chi connectivity index (χ3n) is 1.42. The topological polar surface area (TPSA) is 20.3 Å². The molecule has 1 rings (SSSR count). The van der Waals surface area contributed by atoms with Crippen molar-refractivity contribution in [3.8, 4) is 0 Å². The molecule has 0 aromatic carbocycles. The second kappa shape index (κ2) is 2.88. The van der Waals surface area contributed by atoms with E-state index >= 15 is 0 Å². The summed E-state index contributed by atoms with van der Waals surface area (Å²) in [6.45, 7) is 3.56. The summed E-state index contributed by atoms with van der Waals surface area (Å²) in [5.74, 6) is 1.00. The highest BCUT2D eigenvalue weighted by Gasteiger charge is 2.27. The van der Waals surface area contributed by atoms with Crippen LogP contribution in [0.2, 0.25) is 0 Å². The Kier molecular flexibility index (Phi) is 2.31. The monoisotopic (exact) mass is 175 g/mol. The van der Waals surface area contributed by atoms with Crippen LogP contribution >= 0.6 is 24.0 Å². The molecule has 0 unspecified atom stereocenters. The van der Waals surface area contributed by atoms with Crippen LogP contribution in [0.4, 0.5) is 0 Å². The lowest BCUT2D eigenvalue weighted by Gasteiger charge is -2.17. The Morgan fingerprint density at radius 2 is 2.50 bits per heavy atom. The molecule has 1 heterocycles. The summed E-state index contributed by atoms with van der Waals surface area (Å²) in [5.41, 5.74) is 0. The molecule has 0 bridgehead atoms. The highest BCUT2D eigenvalue weighted by atomic mass is 32.2. The van der Waals surface area contributed by atoms with Crippen LogP contribution in [0.1, 0.15) is 13.8 Å². The van der Waals surface area contributed by atoms with Crippen LogP contribution < -0.4 is 0 Å². The minimum Gasteiger partial charge on any atom is -0.294 e. The van der Waals surface area contributed by atoms with Gasteiger partial charge in [-0.25, -0.2) is 0 Å². The molecule has 0 N–H and O–H groups in total. The molecule has 1 amide bonds. The molecule has 10 heavy (non-hydrogen) atoms. The number of thiocarbonyl (C=S) groups is 1. The van der Waals surface area contributed by atoms with Crippen LogP contribution in [0.5, 0.6) is 0 Å². The van der Waals surface area contributed by atoms with Crippen LogP contribution in [0.3, 0.4) is 0 Å². The SMILES string of the molecule is CC(=O)N1C(=S)SC[C@H]1C. The Labute approximate surface area is 70.0 Å². The lowest BCUT2D eigenvalue weighted by Crippen LogP contribution is -2.34. The van der Waals surface area contributed by atoms with Crippen molar-refractivity contribution >= 4 is 34.2 Å². The van der Waals surface area contributed by atoms with Gasteiger partial charge in [-0.2, -0.15) is 0 Å². The molecule has 1 atom stereocenters. The first-order valence-corrected chi connectivity index (χ1v) is 4.49. The molecule has 1 aliphatic rings. The van der Waals surface area contributed by atoms with Crippen LogP contribution in [0.25, 0.3) is 0 Å². The van der Waals surface area contributed by atoms with Crippen molar-refractivity contribution < 1.29 is 4.79 Å². The molecule has 0 aromatic heterocycles. The normalized spacial score (nSPS) is 25.6. The maximum atomic E-state index is 10.9. The maximum Gasteiger partial charge on any atom is 0.225 e. The molecular weight excluding hydrogens is 166 g/mol. The van der Waals surface area contributed by atoms with Crippen molar-refractivity contribution in [2.24, 2.45) is 0 Å². The molecule has 2 nitrogen and oxygen atoms in total. The van der Waals surface area contributed by atoms with E-state index in [1.165, 1.54) is 0 Å². The Morgan fingerprint density at radius 3 is 2.70 bits per heavy atom. The number of hydrogen-bond acceptors (Lipinski definition) is 3. The number of carbonyl (C=O) groups excluding carboxylic acids is 1. The fraction of sp³-hybridized carbons (Fsp3) is 0.667. The fourth-order valence-corrected chi connectivity index (χ4v) is 2.45. The van der Waals surface area contributed by atoms with Gasteiger partial charge in [0.1, 0.15) is 4.32 Å². The first-order valence-electron chi connectivity index (χ1n) is 3.09. The van der Waals surface area contributed by atoms with Gasteiger partial charge in [-0.05, 0) is 6.92 Å². The summed E-state index contributed by atoms with van der Waals surface area (Å²) in [4.78, 5) is 12.6. The van der Waals surface area contributed by atoms with E-state index in [9.17, 15) is 4.79 Å². The molecule has 1 fully saturated rings. The van der Waals surface area contributed by atoms with Crippen molar-refractivity contribution in [2.75, 3.05) is 5.75 Å². The zero-order valence-electron chi connectivity index (χ0n) is 5.96. The lowest BCUT2D eigenvalue weighted by atomic mass is 10.3. The van der Waals surface area contributed by atoms with E-state index < -0.39 is 0 Å². The first-order chi connectivity index (χ1) is 4.63. The van der Waals surface area contributed by atoms with Gasteiger partial charge in [0.2, 0.25) is 5.91 Å². The van der Waals surface area contributed by atoms with Gasteiger partial charge in [-0.15, -0.1) is 0 Å². The van der Waals surface area contributed by atoms with Gasteiger partial charge in [0.05, 0.1) is 0 Å². The molecule has 0 aliphatic carbocycles. The lowest BCUT2D eigenvalue weighted by molar-refractivity contribution is -0.125. The fourth-order valence-electron chi connectivity index (χ4n) is 0.955. The molecule has 0 spiro atoms. The molecular formula is C6H9NOS2. The van der Waals surface area contributed by atoms with Gasteiger partial charge >= 0.3 is 0 Å². The average Bonchev–Trinajstić information content (AvgIpc) is 2.11. The van der Waals surface area contributed by atoms with Crippen LogP contribution in [-0.4, -0.2) is 26.9 Å². The van der Waals surface area contributed by atoms with Gasteiger partial charge in [0.25, 0.3) is 0 Å². The second-order valence-corrected chi connectivity index (χ2v) is 3.97. The van der Waals surface area contributed by atoms with E-state index in [1.807, 2.05) is 6.92 Å². The second-order valence-electron chi connectivity index (χ2n) is 2.31. The van der Waals surface area contributed by atoms with Gasteiger partial charge < -0.3 is 0 Å². The smallest absolute Gasteiger partial charge is 0.225 e. The third kappa shape index (κ3) is 1.32. The van der Waals surface area contributed by atoms with Gasteiger partial charge in [-0.3, -0.25) is 9.69 Å². The van der Waals surface area contributed by atoms with Crippen LogP contribution in [-0.2, 0) is 4.79 Å². The van der Waals surface area contributed by atoms with E-state index in [2.05, 4.69) is 0 Å². The standard InChI is InChI=1S/C6H9NOS2/c1-4-3-10-6(9)7(4)5(2)8/h4H,3H2,1-2H3/t4-/m1/s1. The Bertz CT molecular complexity index is 181. The summed E-state index contributed by atoms with van der Waals surface area (Å²) in [5, 5.41) is 0. The molecule has 0 saturated carbocycles. The summed E-state index contributed by atoms with van der Waals surface area (Å²) < 4.78 is 0.722. The van der Waals surface area contributed by atoms with E-state index in [0.29, 0.717) is 0 Å². The predicted octanol–water partition coefficient (Wildman–Crippen LogP) is 1.26. The van der Waals surface area contributed by atoms with Crippen molar-refractivity contribution in [3.05, 3.63) is 0 Å². The number of nitrogens with zero attached hydrogens (tertiary/aromatic N) is 1. The van der Waals surface area contributed by atoms with Crippen molar-refractivity contribution in [2.45, 2.75) is 19.9 Å². The Morgan fingerprint density at radius 1 is 1.90 bits per heavy atom. The number of carbonyl (C=O) groups is 1. The van der Waals surface area contributed by atoms with Crippen molar-refractivity contribution in [3.63, 3.8) is 0 Å². The average molecular weight is 175 g/mol. The number of thioether (sulfide) groups is 1. The molecule has 4 heteroatoms. The van der Waals surface area contributed by atoms with Gasteiger partial charge in [-0.1, -0.05) is 24.0 Å². The maximum absolute atomic E-state index is 10.9. The quantitative estimate of drug-likeness (QED) is 0.517. The highest BCUT2D eigenvalue weighted by molar-refractivity contribution is 8.23. The zero-order chi connectivity index (χ0) is 7.72. The van der Waals surface area contributed by atoms with Crippen molar-refractivity contribution in [1.82, 2.24) is 4.90 Å². The van der Waals surface area contributed by atoms with E-state index in [-0.39, 0.29) is 11.9 Å². The van der Waals surface area contributed by atoms with Crippen molar-refractivity contribution in [1.29, 1.82) is 0 Å². The highest BCUT2D eigenvalue weighted by Crippen LogP contribution is 2.23. The van der Waals surface area contributed by atoms with E-state index in [1.54, 1.807) is 23.6 Å². The summed E-state index contributed by atoms with van der Waals surface area (Å²) in [6.07, 6.45) is 0. The molecule has 1 saturated heterocycles. The Hall–Kier alpha value is -0.0900. The van der Waals surface area contributed by atoms with E-state index in [0.717, 1.165) is 10.1 Å². The minimum absolute atomic E-state index is 0.0579. The molecule has 56 valence electrons. The summed E-state index contributed by atoms with van der Waals surface area (Å²) in [6, 6.07) is 0.287. The molecule has 0 radical (unpaired) electrons. The zero-order valence-corrected chi connectivity index (χ0v) is 7.59. The van der Waals surface area contributed by atoms with E-state index in [4.69, 9.17) is 12.2 Å².